The maximum Gasteiger partial charge on any atom is 0.138 e. The minimum atomic E-state index is 0.531. The van der Waals surface area contributed by atoms with Crippen LogP contribution in [0, 0.1) is 0 Å². The summed E-state index contributed by atoms with van der Waals surface area (Å²) in [4.78, 5) is 6.64. The van der Waals surface area contributed by atoms with Gasteiger partial charge in [0.25, 0.3) is 0 Å². The van der Waals surface area contributed by atoms with Crippen molar-refractivity contribution in [2.45, 2.75) is 18.9 Å². The van der Waals surface area contributed by atoms with Gasteiger partial charge in [-0.05, 0) is 43.6 Å². The quantitative estimate of drug-likeness (QED) is 0.840. The maximum absolute atomic E-state index is 5.91. The number of aromatic nitrogens is 1. The van der Waals surface area contributed by atoms with Crippen LogP contribution in [-0.2, 0) is 0 Å². The highest BCUT2D eigenvalue weighted by atomic mass is 16.5. The molecule has 2 heterocycles. The highest BCUT2D eigenvalue weighted by molar-refractivity contribution is 5.69. The molecule has 2 aromatic rings. The largest absolute Gasteiger partial charge is 0.490 e. The van der Waals surface area contributed by atoms with E-state index in [9.17, 15) is 0 Å². The second-order valence-electron chi connectivity index (χ2n) is 5.79. The van der Waals surface area contributed by atoms with Gasteiger partial charge in [-0.25, -0.2) is 0 Å². The average Bonchev–Trinajstić information content (AvgIpc) is 2.98. The predicted molar refractivity (Wildman–Crippen MR) is 90.8 cm³/mol. The topological polar surface area (TPSA) is 25.4 Å². The van der Waals surface area contributed by atoms with E-state index in [4.69, 9.17) is 4.74 Å². The smallest absolute Gasteiger partial charge is 0.138 e. The summed E-state index contributed by atoms with van der Waals surface area (Å²) in [6, 6.07) is 12.8. The third kappa shape index (κ3) is 3.95. The van der Waals surface area contributed by atoms with Gasteiger partial charge in [-0.15, -0.1) is 0 Å². The zero-order chi connectivity index (χ0) is 15.2. The lowest BCUT2D eigenvalue weighted by molar-refractivity contribution is 0.198. The Kier molecular flexibility index (Phi) is 4.86. The van der Waals surface area contributed by atoms with Crippen LogP contribution in [0.4, 0.5) is 0 Å². The summed E-state index contributed by atoms with van der Waals surface area (Å²) in [5.41, 5.74) is 2.24. The van der Waals surface area contributed by atoms with Crippen LogP contribution in [-0.4, -0.2) is 36.1 Å². The first kappa shape index (κ1) is 14.8. The van der Waals surface area contributed by atoms with E-state index in [1.807, 2.05) is 30.5 Å². The Morgan fingerprint density at radius 1 is 1.18 bits per heavy atom. The summed E-state index contributed by atoms with van der Waals surface area (Å²) in [5, 5.41) is 0. The van der Waals surface area contributed by atoms with Gasteiger partial charge in [0.05, 0.1) is 6.20 Å². The van der Waals surface area contributed by atoms with E-state index in [1.165, 1.54) is 24.9 Å². The molecule has 1 aromatic heterocycles. The highest BCUT2D eigenvalue weighted by Gasteiger charge is 2.21. The molecule has 1 saturated heterocycles. The van der Waals surface area contributed by atoms with Gasteiger partial charge in [0.1, 0.15) is 12.4 Å². The van der Waals surface area contributed by atoms with Crippen molar-refractivity contribution in [2.75, 3.05) is 20.2 Å². The first-order valence-electron chi connectivity index (χ1n) is 7.82. The minimum absolute atomic E-state index is 0.531. The van der Waals surface area contributed by atoms with Crippen LogP contribution in [0.5, 0.6) is 5.75 Å². The van der Waals surface area contributed by atoms with Gasteiger partial charge in [0.2, 0.25) is 0 Å². The molecule has 0 bridgehead atoms. The van der Waals surface area contributed by atoms with Crippen LogP contribution in [0.2, 0.25) is 0 Å². The number of pyridine rings is 1. The van der Waals surface area contributed by atoms with Crippen molar-refractivity contribution in [3.63, 3.8) is 0 Å². The van der Waals surface area contributed by atoms with Gasteiger partial charge >= 0.3 is 0 Å². The Morgan fingerprint density at radius 3 is 2.77 bits per heavy atom. The van der Waals surface area contributed by atoms with Crippen molar-refractivity contribution in [1.82, 2.24) is 9.88 Å². The zero-order valence-corrected chi connectivity index (χ0v) is 13.0. The molecule has 0 amide bonds. The molecule has 3 heteroatoms. The highest BCUT2D eigenvalue weighted by Crippen LogP contribution is 2.18. The van der Waals surface area contributed by atoms with Crippen LogP contribution in [0.25, 0.3) is 12.2 Å². The lowest BCUT2D eigenvalue weighted by atomic mass is 10.2. The minimum Gasteiger partial charge on any atom is -0.490 e. The third-order valence-corrected chi connectivity index (χ3v) is 4.12. The Morgan fingerprint density at radius 2 is 2.00 bits per heavy atom. The van der Waals surface area contributed by atoms with Gasteiger partial charge in [-0.1, -0.05) is 42.5 Å². The second kappa shape index (κ2) is 7.23. The molecule has 1 atom stereocenters. The number of hydrogen-bond acceptors (Lipinski definition) is 3. The molecule has 0 radical (unpaired) electrons. The summed E-state index contributed by atoms with van der Waals surface area (Å²) in [5.74, 6) is 0.843. The van der Waals surface area contributed by atoms with E-state index in [-0.39, 0.29) is 0 Å². The summed E-state index contributed by atoms with van der Waals surface area (Å²) in [6.45, 7) is 1.91. The molecule has 0 saturated carbocycles. The Hall–Kier alpha value is -2.13. The molecule has 22 heavy (non-hydrogen) atoms. The predicted octanol–water partition coefficient (Wildman–Crippen LogP) is 3.73. The number of ether oxygens (including phenoxy) is 1. The summed E-state index contributed by atoms with van der Waals surface area (Å²) in [6.07, 6.45) is 10.3. The van der Waals surface area contributed by atoms with Crippen molar-refractivity contribution in [3.8, 4) is 5.75 Å². The normalized spacial score (nSPS) is 18.9. The standard InChI is InChI=1S/C19H22N2O/c1-21-11-5-8-18(21)15-22-19-12-17(13-20-14-19)10-9-16-6-3-2-4-7-16/h2-4,6-7,9-10,12-14,18H,5,8,11,15H2,1H3/b10-9+. The summed E-state index contributed by atoms with van der Waals surface area (Å²) >= 11 is 0. The molecule has 0 N–H and O–H groups in total. The van der Waals surface area contributed by atoms with Gasteiger partial charge in [-0.3, -0.25) is 4.98 Å². The molecule has 1 fully saturated rings. The van der Waals surface area contributed by atoms with E-state index in [0.717, 1.165) is 17.9 Å². The SMILES string of the molecule is CN1CCCC1COc1cncc(/C=C/c2ccccc2)c1. The molecule has 1 aliphatic heterocycles. The van der Waals surface area contributed by atoms with E-state index < -0.39 is 0 Å². The van der Waals surface area contributed by atoms with Crippen molar-refractivity contribution in [1.29, 1.82) is 0 Å². The molecule has 1 aromatic carbocycles. The fourth-order valence-corrected chi connectivity index (χ4v) is 2.74. The number of nitrogens with zero attached hydrogens (tertiary/aromatic N) is 2. The lowest BCUT2D eigenvalue weighted by Gasteiger charge is -2.19. The molecule has 3 nitrogen and oxygen atoms in total. The molecule has 1 unspecified atom stereocenters. The van der Waals surface area contributed by atoms with E-state index in [2.05, 4.69) is 41.2 Å². The third-order valence-electron chi connectivity index (χ3n) is 4.12. The Balaban J connectivity index is 1.61. The van der Waals surface area contributed by atoms with E-state index >= 15 is 0 Å². The number of rotatable bonds is 5. The molecule has 0 aliphatic carbocycles. The monoisotopic (exact) mass is 294 g/mol. The van der Waals surface area contributed by atoms with Crippen molar-refractivity contribution >= 4 is 12.2 Å². The Bertz CT molecular complexity index is 624. The number of likely N-dealkylation sites (N-methyl/N-ethyl adjacent to an activating group) is 1. The van der Waals surface area contributed by atoms with E-state index in [0.29, 0.717) is 6.04 Å². The first-order chi connectivity index (χ1) is 10.8. The fraction of sp³-hybridized carbons (Fsp3) is 0.316. The van der Waals surface area contributed by atoms with Crippen molar-refractivity contribution in [2.24, 2.45) is 0 Å². The number of benzene rings is 1. The van der Waals surface area contributed by atoms with Crippen molar-refractivity contribution < 1.29 is 4.74 Å². The molecule has 114 valence electrons. The van der Waals surface area contributed by atoms with Gasteiger partial charge in [0.15, 0.2) is 0 Å². The van der Waals surface area contributed by atoms with Crippen molar-refractivity contribution in [3.05, 3.63) is 59.9 Å². The Labute approximate surface area is 132 Å². The first-order valence-corrected chi connectivity index (χ1v) is 7.82. The second-order valence-corrected chi connectivity index (χ2v) is 5.79. The van der Waals surface area contributed by atoms with Gasteiger partial charge in [0, 0.05) is 12.2 Å². The van der Waals surface area contributed by atoms with E-state index in [1.54, 1.807) is 6.20 Å². The molecule has 3 rings (SSSR count). The molecule has 1 aliphatic rings. The maximum atomic E-state index is 5.91. The molecular formula is C19H22N2O. The number of likely N-dealkylation sites (tertiary alicyclic amines) is 1. The molecule has 0 spiro atoms. The summed E-state index contributed by atoms with van der Waals surface area (Å²) in [7, 11) is 2.16. The average molecular weight is 294 g/mol. The zero-order valence-electron chi connectivity index (χ0n) is 13.0. The van der Waals surface area contributed by atoms with Crippen LogP contribution in [0.1, 0.15) is 24.0 Å². The van der Waals surface area contributed by atoms with Gasteiger partial charge < -0.3 is 9.64 Å². The fourth-order valence-electron chi connectivity index (χ4n) is 2.74. The van der Waals surface area contributed by atoms with Crippen LogP contribution < -0.4 is 4.74 Å². The summed E-state index contributed by atoms with van der Waals surface area (Å²) < 4.78 is 5.91. The lowest BCUT2D eigenvalue weighted by Crippen LogP contribution is -2.30. The van der Waals surface area contributed by atoms with Crippen LogP contribution in [0.15, 0.2) is 48.8 Å². The van der Waals surface area contributed by atoms with Crippen LogP contribution >= 0.6 is 0 Å². The van der Waals surface area contributed by atoms with Crippen LogP contribution in [0.3, 0.4) is 0 Å². The molecular weight excluding hydrogens is 272 g/mol. The number of hydrogen-bond donors (Lipinski definition) is 0. The van der Waals surface area contributed by atoms with Gasteiger partial charge in [-0.2, -0.15) is 0 Å².